The number of amides is 1. The quantitative estimate of drug-likeness (QED) is 0.524. The Kier molecular flexibility index (Phi) is 7.06. The van der Waals surface area contributed by atoms with Crippen molar-refractivity contribution >= 4 is 11.9 Å². The molecule has 5 nitrogen and oxygen atoms in total. The SMILES string of the molecule is CN(C)C(=O)c1ccc(COc2cc(CC(=O)O)cc(-c3ccc(C(F)(F)F)cc3)c2)cc1. The number of halogens is 3. The molecule has 0 aliphatic rings. The van der Waals surface area contributed by atoms with Gasteiger partial charge in [0, 0.05) is 19.7 Å². The molecule has 0 aliphatic carbocycles. The molecule has 0 aromatic heterocycles. The van der Waals surface area contributed by atoms with Crippen LogP contribution in [-0.4, -0.2) is 36.0 Å². The fourth-order valence-corrected chi connectivity index (χ4v) is 3.21. The van der Waals surface area contributed by atoms with Crippen LogP contribution in [0.3, 0.4) is 0 Å². The summed E-state index contributed by atoms with van der Waals surface area (Å²) in [5.41, 5.74) is 2.08. The van der Waals surface area contributed by atoms with E-state index in [9.17, 15) is 22.8 Å². The number of carbonyl (C=O) groups excluding carboxylic acids is 1. The Balaban J connectivity index is 1.83. The number of hydrogen-bond donors (Lipinski definition) is 1. The van der Waals surface area contributed by atoms with Crippen LogP contribution >= 0.6 is 0 Å². The molecule has 0 aliphatic heterocycles. The summed E-state index contributed by atoms with van der Waals surface area (Å²) >= 11 is 0. The lowest BCUT2D eigenvalue weighted by molar-refractivity contribution is -0.138. The molecule has 8 heteroatoms. The highest BCUT2D eigenvalue weighted by molar-refractivity contribution is 5.93. The third kappa shape index (κ3) is 6.35. The standard InChI is InChI=1S/C25H22F3NO4/c1-29(2)24(32)19-5-3-16(4-6-19)15-33-22-12-17(13-23(30)31)11-20(14-22)18-7-9-21(10-8-18)25(26,27)28/h3-12,14H,13,15H2,1-2H3,(H,30,31). The molecule has 3 aromatic rings. The van der Waals surface area contributed by atoms with Gasteiger partial charge in [0.1, 0.15) is 12.4 Å². The molecule has 0 unspecified atom stereocenters. The number of alkyl halides is 3. The maximum atomic E-state index is 12.9. The molecule has 3 rings (SSSR count). The van der Waals surface area contributed by atoms with E-state index in [1.807, 2.05) is 0 Å². The summed E-state index contributed by atoms with van der Waals surface area (Å²) in [6, 6.07) is 16.4. The van der Waals surface area contributed by atoms with Crippen molar-refractivity contribution < 1.29 is 32.6 Å². The highest BCUT2D eigenvalue weighted by atomic mass is 19.4. The zero-order valence-corrected chi connectivity index (χ0v) is 18.0. The van der Waals surface area contributed by atoms with Gasteiger partial charge in [-0.3, -0.25) is 9.59 Å². The maximum Gasteiger partial charge on any atom is 0.416 e. The highest BCUT2D eigenvalue weighted by Crippen LogP contribution is 2.32. The summed E-state index contributed by atoms with van der Waals surface area (Å²) in [5, 5.41) is 9.17. The van der Waals surface area contributed by atoms with Crippen LogP contribution in [0, 0.1) is 0 Å². The van der Waals surface area contributed by atoms with Crippen LogP contribution in [-0.2, 0) is 24.0 Å². The van der Waals surface area contributed by atoms with Crippen LogP contribution in [0.4, 0.5) is 13.2 Å². The van der Waals surface area contributed by atoms with Gasteiger partial charge < -0.3 is 14.7 Å². The van der Waals surface area contributed by atoms with Gasteiger partial charge in [-0.15, -0.1) is 0 Å². The summed E-state index contributed by atoms with van der Waals surface area (Å²) in [5.74, 6) is -0.770. The molecular weight excluding hydrogens is 435 g/mol. The van der Waals surface area contributed by atoms with Crippen molar-refractivity contribution in [3.63, 3.8) is 0 Å². The average Bonchev–Trinajstić information content (AvgIpc) is 2.76. The summed E-state index contributed by atoms with van der Waals surface area (Å²) in [6.45, 7) is 0.166. The van der Waals surface area contributed by atoms with E-state index in [0.717, 1.165) is 17.7 Å². The summed E-state index contributed by atoms with van der Waals surface area (Å²) in [6.07, 6.45) is -4.70. The monoisotopic (exact) mass is 457 g/mol. The van der Waals surface area contributed by atoms with Crippen LogP contribution in [0.5, 0.6) is 5.75 Å². The Morgan fingerprint density at radius 2 is 1.52 bits per heavy atom. The van der Waals surface area contributed by atoms with Gasteiger partial charge in [-0.1, -0.05) is 30.3 Å². The number of carboxylic acids is 1. The Morgan fingerprint density at radius 1 is 0.879 bits per heavy atom. The number of ether oxygens (including phenoxy) is 1. The van der Waals surface area contributed by atoms with Crippen LogP contribution in [0.15, 0.2) is 66.7 Å². The first-order chi connectivity index (χ1) is 15.5. The lowest BCUT2D eigenvalue weighted by atomic mass is 10.00. The molecule has 0 spiro atoms. The third-order valence-electron chi connectivity index (χ3n) is 4.88. The number of aliphatic carboxylic acids is 1. The lowest BCUT2D eigenvalue weighted by Crippen LogP contribution is -2.21. The predicted molar refractivity (Wildman–Crippen MR) is 117 cm³/mol. The van der Waals surface area contributed by atoms with Crippen molar-refractivity contribution in [2.45, 2.75) is 19.2 Å². The zero-order chi connectivity index (χ0) is 24.2. The fourth-order valence-electron chi connectivity index (χ4n) is 3.21. The molecule has 0 atom stereocenters. The second kappa shape index (κ2) is 9.77. The highest BCUT2D eigenvalue weighted by Gasteiger charge is 2.30. The Hall–Kier alpha value is -3.81. The Bertz CT molecular complexity index is 1140. The van der Waals surface area contributed by atoms with Gasteiger partial charge in [0.2, 0.25) is 0 Å². The van der Waals surface area contributed by atoms with E-state index in [1.54, 1.807) is 56.6 Å². The number of carboxylic acid groups (broad SMARTS) is 1. The first-order valence-electron chi connectivity index (χ1n) is 10.00. The van der Waals surface area contributed by atoms with Gasteiger partial charge >= 0.3 is 12.1 Å². The van der Waals surface area contributed by atoms with E-state index in [-0.39, 0.29) is 18.9 Å². The number of nitrogens with zero attached hydrogens (tertiary/aromatic N) is 1. The molecule has 0 bridgehead atoms. The number of carbonyl (C=O) groups is 2. The minimum Gasteiger partial charge on any atom is -0.489 e. The van der Waals surface area contributed by atoms with E-state index >= 15 is 0 Å². The molecule has 1 N–H and O–H groups in total. The third-order valence-corrected chi connectivity index (χ3v) is 4.88. The van der Waals surface area contributed by atoms with Gasteiger partial charge in [0.05, 0.1) is 12.0 Å². The molecule has 172 valence electrons. The normalized spacial score (nSPS) is 11.2. The number of benzene rings is 3. The topological polar surface area (TPSA) is 66.8 Å². The van der Waals surface area contributed by atoms with Crippen molar-refractivity contribution in [3.8, 4) is 16.9 Å². The average molecular weight is 457 g/mol. The first kappa shape index (κ1) is 23.8. The molecule has 0 heterocycles. The molecule has 0 radical (unpaired) electrons. The number of rotatable bonds is 7. The molecule has 1 amide bonds. The molecule has 33 heavy (non-hydrogen) atoms. The van der Waals surface area contributed by atoms with Gasteiger partial charge in [0.15, 0.2) is 0 Å². The van der Waals surface area contributed by atoms with Crippen LogP contribution in [0.1, 0.15) is 27.0 Å². The summed E-state index contributed by atoms with van der Waals surface area (Å²) < 4.78 is 44.4. The zero-order valence-electron chi connectivity index (χ0n) is 18.0. The van der Waals surface area contributed by atoms with Crippen LogP contribution in [0.25, 0.3) is 11.1 Å². The van der Waals surface area contributed by atoms with E-state index in [1.165, 1.54) is 17.0 Å². The van der Waals surface area contributed by atoms with Gasteiger partial charge in [-0.2, -0.15) is 13.2 Å². The predicted octanol–water partition coefficient (Wildman–Crippen LogP) is 5.28. The van der Waals surface area contributed by atoms with E-state index < -0.39 is 17.7 Å². The smallest absolute Gasteiger partial charge is 0.416 e. The van der Waals surface area contributed by atoms with Crippen molar-refractivity contribution in [1.82, 2.24) is 4.90 Å². The summed E-state index contributed by atoms with van der Waals surface area (Å²) in [4.78, 5) is 24.7. The molecule has 0 saturated heterocycles. The van der Waals surface area contributed by atoms with Crippen molar-refractivity contribution in [2.24, 2.45) is 0 Å². The fraction of sp³-hybridized carbons (Fsp3) is 0.200. The van der Waals surface area contributed by atoms with E-state index in [0.29, 0.717) is 28.0 Å². The lowest BCUT2D eigenvalue weighted by Gasteiger charge is -2.13. The van der Waals surface area contributed by atoms with Gasteiger partial charge in [-0.25, -0.2) is 0 Å². The van der Waals surface area contributed by atoms with Gasteiger partial charge in [0.25, 0.3) is 5.91 Å². The second-order valence-electron chi connectivity index (χ2n) is 7.70. The number of hydrogen-bond acceptors (Lipinski definition) is 3. The van der Waals surface area contributed by atoms with E-state index in [2.05, 4.69) is 0 Å². The Morgan fingerprint density at radius 3 is 2.06 bits per heavy atom. The Labute approximate surface area is 189 Å². The van der Waals surface area contributed by atoms with Crippen molar-refractivity contribution in [3.05, 3.63) is 89.0 Å². The van der Waals surface area contributed by atoms with E-state index in [4.69, 9.17) is 9.84 Å². The first-order valence-corrected chi connectivity index (χ1v) is 10.00. The van der Waals surface area contributed by atoms with Crippen LogP contribution < -0.4 is 4.74 Å². The molecule has 0 fully saturated rings. The minimum atomic E-state index is -4.44. The molecule has 0 saturated carbocycles. The molecular formula is C25H22F3NO4. The van der Waals surface area contributed by atoms with Crippen LogP contribution in [0.2, 0.25) is 0 Å². The van der Waals surface area contributed by atoms with Crippen molar-refractivity contribution in [1.29, 1.82) is 0 Å². The summed E-state index contributed by atoms with van der Waals surface area (Å²) in [7, 11) is 3.33. The molecule has 3 aromatic carbocycles. The van der Waals surface area contributed by atoms with Gasteiger partial charge in [-0.05, 0) is 58.7 Å². The maximum absolute atomic E-state index is 12.9. The van der Waals surface area contributed by atoms with Crippen molar-refractivity contribution in [2.75, 3.05) is 14.1 Å². The second-order valence-corrected chi connectivity index (χ2v) is 7.70. The minimum absolute atomic E-state index is 0.120. The largest absolute Gasteiger partial charge is 0.489 e.